The fourth-order valence-corrected chi connectivity index (χ4v) is 1.81. The van der Waals surface area contributed by atoms with Crippen LogP contribution in [-0.2, 0) is 0 Å². The summed E-state index contributed by atoms with van der Waals surface area (Å²) in [6.07, 6.45) is -1.32. The molecule has 1 N–H and O–H groups in total. The molecule has 0 spiro atoms. The molecule has 0 aliphatic heterocycles. The zero-order valence-corrected chi connectivity index (χ0v) is 9.76. The number of aliphatic hydroxyl groups excluding tert-OH is 1. The normalized spacial score (nSPS) is 12.5. The molecule has 1 atom stereocenters. The van der Waals surface area contributed by atoms with Gasteiger partial charge in [0, 0.05) is 10.6 Å². The van der Waals surface area contributed by atoms with E-state index < -0.39 is 23.6 Å². The first-order chi connectivity index (χ1) is 8.49. The monoisotopic (exact) mass is 272 g/mol. The Kier molecular flexibility index (Phi) is 3.59. The summed E-state index contributed by atoms with van der Waals surface area (Å²) < 4.78 is 38.9. The first kappa shape index (κ1) is 12.9. The van der Waals surface area contributed by atoms with E-state index in [0.717, 1.165) is 24.3 Å². The van der Waals surface area contributed by atoms with Crippen LogP contribution >= 0.6 is 11.6 Å². The van der Waals surface area contributed by atoms with Gasteiger partial charge < -0.3 is 5.11 Å². The molecule has 5 heteroatoms. The highest BCUT2D eigenvalue weighted by atomic mass is 35.5. The molecule has 0 aromatic heterocycles. The summed E-state index contributed by atoms with van der Waals surface area (Å²) in [4.78, 5) is 0. The third-order valence-corrected chi connectivity index (χ3v) is 2.86. The molecule has 0 bridgehead atoms. The van der Waals surface area contributed by atoms with Crippen LogP contribution in [0.5, 0.6) is 0 Å². The highest BCUT2D eigenvalue weighted by molar-refractivity contribution is 6.31. The van der Waals surface area contributed by atoms with Crippen molar-refractivity contribution in [3.8, 4) is 0 Å². The molecule has 2 aromatic rings. The lowest BCUT2D eigenvalue weighted by Gasteiger charge is -2.13. The van der Waals surface area contributed by atoms with Crippen LogP contribution in [0.25, 0.3) is 0 Å². The molecule has 2 rings (SSSR count). The van der Waals surface area contributed by atoms with E-state index >= 15 is 0 Å². The smallest absolute Gasteiger partial charge is 0.159 e. The van der Waals surface area contributed by atoms with Gasteiger partial charge in [0.2, 0.25) is 0 Å². The summed E-state index contributed by atoms with van der Waals surface area (Å²) in [5.74, 6) is -2.67. The van der Waals surface area contributed by atoms with E-state index in [2.05, 4.69) is 0 Å². The highest BCUT2D eigenvalue weighted by Crippen LogP contribution is 2.29. The Labute approximate surface area is 106 Å². The fraction of sp³-hybridized carbons (Fsp3) is 0.0769. The van der Waals surface area contributed by atoms with Crippen LogP contribution in [0.1, 0.15) is 17.2 Å². The number of rotatable bonds is 2. The van der Waals surface area contributed by atoms with Crippen molar-refractivity contribution in [2.75, 3.05) is 0 Å². The van der Waals surface area contributed by atoms with Crippen LogP contribution in [0.3, 0.4) is 0 Å². The Bertz CT molecular complexity index is 586. The number of aliphatic hydroxyl groups is 1. The average molecular weight is 273 g/mol. The molecule has 0 heterocycles. The summed E-state index contributed by atoms with van der Waals surface area (Å²) in [6.45, 7) is 0. The van der Waals surface area contributed by atoms with Crippen molar-refractivity contribution in [2.45, 2.75) is 6.10 Å². The Balaban J connectivity index is 2.44. The maximum Gasteiger partial charge on any atom is 0.159 e. The van der Waals surface area contributed by atoms with Crippen molar-refractivity contribution < 1.29 is 18.3 Å². The quantitative estimate of drug-likeness (QED) is 0.881. The van der Waals surface area contributed by atoms with Gasteiger partial charge in [-0.1, -0.05) is 17.7 Å². The minimum atomic E-state index is -1.32. The van der Waals surface area contributed by atoms with E-state index in [4.69, 9.17) is 11.6 Å². The van der Waals surface area contributed by atoms with Crippen molar-refractivity contribution in [3.05, 3.63) is 70.0 Å². The lowest BCUT2D eigenvalue weighted by Crippen LogP contribution is -2.02. The molecule has 0 saturated heterocycles. The van der Waals surface area contributed by atoms with E-state index in [-0.39, 0.29) is 16.1 Å². The molecule has 18 heavy (non-hydrogen) atoms. The Morgan fingerprint density at radius 3 is 2.33 bits per heavy atom. The first-order valence-corrected chi connectivity index (χ1v) is 5.45. The lowest BCUT2D eigenvalue weighted by molar-refractivity contribution is 0.219. The molecule has 1 nitrogen and oxygen atoms in total. The molecule has 0 saturated carbocycles. The highest BCUT2D eigenvalue weighted by Gasteiger charge is 2.16. The van der Waals surface area contributed by atoms with Gasteiger partial charge in [-0.3, -0.25) is 0 Å². The molecule has 0 aliphatic rings. The van der Waals surface area contributed by atoms with E-state index in [1.54, 1.807) is 0 Å². The minimum absolute atomic E-state index is 0.0985. The van der Waals surface area contributed by atoms with Gasteiger partial charge in [0.15, 0.2) is 11.6 Å². The number of halogens is 4. The maximum atomic E-state index is 13.1. The Hall–Kier alpha value is -1.52. The zero-order chi connectivity index (χ0) is 13.3. The van der Waals surface area contributed by atoms with Gasteiger partial charge in [0.25, 0.3) is 0 Å². The van der Waals surface area contributed by atoms with Crippen molar-refractivity contribution in [1.29, 1.82) is 0 Å². The van der Waals surface area contributed by atoms with E-state index in [9.17, 15) is 18.3 Å². The topological polar surface area (TPSA) is 20.2 Å². The minimum Gasteiger partial charge on any atom is -0.384 e. The number of benzene rings is 2. The molecule has 2 aromatic carbocycles. The van der Waals surface area contributed by atoms with Gasteiger partial charge in [-0.2, -0.15) is 0 Å². The second-order valence-electron chi connectivity index (χ2n) is 3.74. The van der Waals surface area contributed by atoms with E-state index in [1.165, 1.54) is 12.1 Å². The zero-order valence-electron chi connectivity index (χ0n) is 9.00. The maximum absolute atomic E-state index is 13.1. The van der Waals surface area contributed by atoms with Gasteiger partial charge in [0.05, 0.1) is 0 Å². The molecular formula is C13H8ClF3O. The Morgan fingerprint density at radius 2 is 1.67 bits per heavy atom. The fourth-order valence-electron chi connectivity index (χ4n) is 1.59. The second-order valence-corrected chi connectivity index (χ2v) is 4.15. The van der Waals surface area contributed by atoms with Crippen LogP contribution < -0.4 is 0 Å². The second kappa shape index (κ2) is 5.00. The lowest BCUT2D eigenvalue weighted by atomic mass is 10.0. The van der Waals surface area contributed by atoms with Crippen molar-refractivity contribution in [1.82, 2.24) is 0 Å². The summed E-state index contributed by atoms with van der Waals surface area (Å²) in [7, 11) is 0. The van der Waals surface area contributed by atoms with Gasteiger partial charge in [-0.15, -0.1) is 0 Å². The number of hydrogen-bond acceptors (Lipinski definition) is 1. The summed E-state index contributed by atoms with van der Waals surface area (Å²) in [5, 5.41) is 10.1. The molecular weight excluding hydrogens is 265 g/mol. The third kappa shape index (κ3) is 2.49. The molecule has 94 valence electrons. The van der Waals surface area contributed by atoms with Gasteiger partial charge in [-0.05, 0) is 35.9 Å². The van der Waals surface area contributed by atoms with Gasteiger partial charge >= 0.3 is 0 Å². The van der Waals surface area contributed by atoms with Crippen LogP contribution in [0, 0.1) is 17.5 Å². The van der Waals surface area contributed by atoms with Crippen LogP contribution in [0.2, 0.25) is 5.02 Å². The molecule has 0 radical (unpaired) electrons. The van der Waals surface area contributed by atoms with E-state index in [0.29, 0.717) is 0 Å². The largest absolute Gasteiger partial charge is 0.384 e. The standard InChI is InChI=1S/C13H8ClF3O/c14-10-3-2-8(15)6-9(10)13(18)7-1-4-11(16)12(17)5-7/h1-6,13,18H. The third-order valence-electron chi connectivity index (χ3n) is 2.51. The molecule has 0 aliphatic carbocycles. The van der Waals surface area contributed by atoms with Crippen molar-refractivity contribution in [3.63, 3.8) is 0 Å². The van der Waals surface area contributed by atoms with Crippen molar-refractivity contribution in [2.24, 2.45) is 0 Å². The van der Waals surface area contributed by atoms with Crippen LogP contribution in [0.15, 0.2) is 36.4 Å². The SMILES string of the molecule is OC(c1ccc(F)c(F)c1)c1cc(F)ccc1Cl. The van der Waals surface area contributed by atoms with E-state index in [1.807, 2.05) is 0 Å². The molecule has 0 amide bonds. The van der Waals surface area contributed by atoms with Crippen molar-refractivity contribution >= 4 is 11.6 Å². The number of hydrogen-bond donors (Lipinski definition) is 1. The molecule has 1 unspecified atom stereocenters. The summed E-state index contributed by atoms with van der Waals surface area (Å²) >= 11 is 5.82. The predicted molar refractivity (Wildman–Crippen MR) is 61.8 cm³/mol. The predicted octanol–water partition coefficient (Wildman–Crippen LogP) is 3.84. The first-order valence-electron chi connectivity index (χ1n) is 5.07. The Morgan fingerprint density at radius 1 is 0.944 bits per heavy atom. The average Bonchev–Trinajstić information content (AvgIpc) is 2.35. The van der Waals surface area contributed by atoms with Gasteiger partial charge in [-0.25, -0.2) is 13.2 Å². The summed E-state index contributed by atoms with van der Waals surface area (Å²) in [5.41, 5.74) is 0.198. The summed E-state index contributed by atoms with van der Waals surface area (Å²) in [6, 6.07) is 6.43. The molecule has 0 fully saturated rings. The van der Waals surface area contributed by atoms with Gasteiger partial charge in [0.1, 0.15) is 11.9 Å². The van der Waals surface area contributed by atoms with Crippen LogP contribution in [-0.4, -0.2) is 5.11 Å². The van der Waals surface area contributed by atoms with Crippen LogP contribution in [0.4, 0.5) is 13.2 Å².